The van der Waals surface area contributed by atoms with Crippen molar-refractivity contribution in [2.75, 3.05) is 11.7 Å². The van der Waals surface area contributed by atoms with Crippen molar-refractivity contribution in [1.29, 1.82) is 0 Å². The Morgan fingerprint density at radius 1 is 1.09 bits per heavy atom. The van der Waals surface area contributed by atoms with E-state index in [1.54, 1.807) is 4.90 Å². The first kappa shape index (κ1) is 14.3. The van der Waals surface area contributed by atoms with Crippen molar-refractivity contribution in [3.63, 3.8) is 0 Å². The molecule has 4 nitrogen and oxygen atoms in total. The highest BCUT2D eigenvalue weighted by atomic mass is 32.2. The van der Waals surface area contributed by atoms with Gasteiger partial charge in [-0.3, -0.25) is 9.69 Å². The molecule has 0 atom stereocenters. The van der Waals surface area contributed by atoms with Crippen molar-refractivity contribution in [2.45, 2.75) is 0 Å². The molecule has 1 amide bonds. The van der Waals surface area contributed by atoms with Crippen molar-refractivity contribution in [1.82, 2.24) is 0 Å². The molecule has 2 aromatic rings. The van der Waals surface area contributed by atoms with Gasteiger partial charge in [0.15, 0.2) is 15.8 Å². The molecular weight excluding hydrogens is 330 g/mol. The summed E-state index contributed by atoms with van der Waals surface area (Å²) in [6.45, 7) is 0.231. The molecule has 2 aliphatic rings. The number of anilines is 1. The number of nitrogens with zero attached hydrogens (tertiary/aromatic N) is 1. The summed E-state index contributed by atoms with van der Waals surface area (Å²) in [5.74, 6) is 1.31. The Kier molecular flexibility index (Phi) is 3.55. The van der Waals surface area contributed by atoms with Gasteiger partial charge in [0.1, 0.15) is 0 Å². The predicted molar refractivity (Wildman–Crippen MR) is 94.7 cm³/mol. The van der Waals surface area contributed by atoms with Crippen molar-refractivity contribution in [3.05, 3.63) is 59.0 Å². The molecule has 23 heavy (non-hydrogen) atoms. The fraction of sp³-hybridized carbons (Fsp3) is 0.0588. The van der Waals surface area contributed by atoms with Crippen LogP contribution in [0.5, 0.6) is 11.5 Å². The van der Waals surface area contributed by atoms with Gasteiger partial charge in [-0.05, 0) is 35.9 Å². The normalized spacial score (nSPS) is 18.1. The third-order valence-corrected chi connectivity index (χ3v) is 4.80. The van der Waals surface area contributed by atoms with E-state index in [1.165, 1.54) is 11.8 Å². The van der Waals surface area contributed by atoms with Gasteiger partial charge in [-0.25, -0.2) is 0 Å². The number of benzene rings is 2. The van der Waals surface area contributed by atoms with Crippen LogP contribution in [0.2, 0.25) is 0 Å². The Labute approximate surface area is 142 Å². The lowest BCUT2D eigenvalue weighted by Crippen LogP contribution is -2.27. The van der Waals surface area contributed by atoms with E-state index in [-0.39, 0.29) is 12.7 Å². The Balaban J connectivity index is 1.65. The second-order valence-corrected chi connectivity index (χ2v) is 6.64. The molecule has 2 aliphatic heterocycles. The van der Waals surface area contributed by atoms with E-state index in [0.717, 1.165) is 17.0 Å². The van der Waals surface area contributed by atoms with Crippen LogP contribution in [0.4, 0.5) is 5.69 Å². The third kappa shape index (κ3) is 2.60. The lowest BCUT2D eigenvalue weighted by Gasteiger charge is -2.13. The SMILES string of the molecule is O=C1C(=Cc2ccc3c(c2)OCO3)SC(=S)N1c1ccccc1. The molecule has 1 saturated heterocycles. The summed E-state index contributed by atoms with van der Waals surface area (Å²) < 4.78 is 11.2. The number of hydrogen-bond acceptors (Lipinski definition) is 5. The first-order valence-electron chi connectivity index (χ1n) is 6.95. The van der Waals surface area contributed by atoms with Gasteiger partial charge in [-0.15, -0.1) is 0 Å². The van der Waals surface area contributed by atoms with Crippen LogP contribution in [0.1, 0.15) is 5.56 Å². The molecule has 2 aromatic carbocycles. The maximum Gasteiger partial charge on any atom is 0.270 e. The van der Waals surface area contributed by atoms with E-state index < -0.39 is 0 Å². The second kappa shape index (κ2) is 5.72. The number of fused-ring (bicyclic) bond motifs is 1. The van der Waals surface area contributed by atoms with Gasteiger partial charge in [0.2, 0.25) is 6.79 Å². The minimum absolute atomic E-state index is 0.108. The molecule has 1 fully saturated rings. The summed E-state index contributed by atoms with van der Waals surface area (Å²) >= 11 is 6.66. The first-order chi connectivity index (χ1) is 11.2. The number of amides is 1. The summed E-state index contributed by atoms with van der Waals surface area (Å²) in [6.07, 6.45) is 1.82. The molecule has 4 rings (SSSR count). The van der Waals surface area contributed by atoms with Crippen LogP contribution in [0.15, 0.2) is 53.4 Å². The Bertz CT molecular complexity index is 833. The van der Waals surface area contributed by atoms with E-state index in [9.17, 15) is 4.79 Å². The minimum atomic E-state index is -0.108. The number of carbonyl (C=O) groups excluding carboxylic acids is 1. The van der Waals surface area contributed by atoms with Crippen LogP contribution in [0, 0.1) is 0 Å². The zero-order chi connectivity index (χ0) is 15.8. The molecule has 0 aromatic heterocycles. The predicted octanol–water partition coefficient (Wildman–Crippen LogP) is 3.82. The van der Waals surface area contributed by atoms with Crippen LogP contribution >= 0.6 is 24.0 Å². The largest absolute Gasteiger partial charge is 0.454 e. The molecule has 0 saturated carbocycles. The molecule has 0 bridgehead atoms. The fourth-order valence-corrected chi connectivity index (χ4v) is 3.72. The van der Waals surface area contributed by atoms with Crippen molar-refractivity contribution >= 4 is 46.0 Å². The van der Waals surface area contributed by atoms with Gasteiger partial charge in [-0.2, -0.15) is 0 Å². The summed E-state index contributed by atoms with van der Waals surface area (Å²) in [7, 11) is 0. The van der Waals surface area contributed by atoms with Gasteiger partial charge < -0.3 is 9.47 Å². The van der Waals surface area contributed by atoms with Crippen LogP contribution in [0.3, 0.4) is 0 Å². The highest BCUT2D eigenvalue weighted by molar-refractivity contribution is 8.27. The monoisotopic (exact) mass is 341 g/mol. The maximum atomic E-state index is 12.6. The lowest BCUT2D eigenvalue weighted by atomic mass is 10.2. The van der Waals surface area contributed by atoms with E-state index >= 15 is 0 Å². The number of ether oxygens (including phenoxy) is 2. The van der Waals surface area contributed by atoms with Gasteiger partial charge in [0.05, 0.1) is 10.6 Å². The van der Waals surface area contributed by atoms with Crippen LogP contribution in [-0.4, -0.2) is 17.0 Å². The Morgan fingerprint density at radius 2 is 1.87 bits per heavy atom. The highest BCUT2D eigenvalue weighted by Crippen LogP contribution is 2.38. The van der Waals surface area contributed by atoms with Gasteiger partial charge in [-0.1, -0.05) is 48.2 Å². The van der Waals surface area contributed by atoms with Crippen LogP contribution in [0.25, 0.3) is 6.08 Å². The molecular formula is C17H11NO3S2. The van der Waals surface area contributed by atoms with Gasteiger partial charge in [0, 0.05) is 0 Å². The summed E-state index contributed by atoms with van der Waals surface area (Å²) in [6, 6.07) is 15.0. The quantitative estimate of drug-likeness (QED) is 0.613. The molecule has 0 N–H and O–H groups in total. The fourth-order valence-electron chi connectivity index (χ4n) is 2.42. The second-order valence-electron chi connectivity index (χ2n) is 4.97. The third-order valence-electron chi connectivity index (χ3n) is 3.50. The Hall–Kier alpha value is -2.31. The van der Waals surface area contributed by atoms with Crippen molar-refractivity contribution in [2.24, 2.45) is 0 Å². The summed E-state index contributed by atoms with van der Waals surface area (Å²) in [5.41, 5.74) is 1.66. The number of para-hydroxylation sites is 1. The average Bonchev–Trinajstić information content (AvgIpc) is 3.13. The smallest absolute Gasteiger partial charge is 0.270 e. The zero-order valence-corrected chi connectivity index (χ0v) is 13.5. The number of rotatable bonds is 2. The lowest BCUT2D eigenvalue weighted by molar-refractivity contribution is -0.113. The standard InChI is InChI=1S/C17H11NO3S2/c19-16-15(9-11-6-7-13-14(8-11)21-10-20-13)23-17(22)18(16)12-4-2-1-3-5-12/h1-9H,10H2. The highest BCUT2D eigenvalue weighted by Gasteiger charge is 2.33. The van der Waals surface area contributed by atoms with E-state index in [0.29, 0.717) is 15.0 Å². The number of hydrogen-bond donors (Lipinski definition) is 0. The molecule has 6 heteroatoms. The van der Waals surface area contributed by atoms with Crippen LogP contribution in [-0.2, 0) is 4.79 Å². The molecule has 0 spiro atoms. The summed E-state index contributed by atoms with van der Waals surface area (Å²) in [4.78, 5) is 14.8. The zero-order valence-electron chi connectivity index (χ0n) is 11.9. The van der Waals surface area contributed by atoms with E-state index in [1.807, 2.05) is 54.6 Å². The molecule has 0 radical (unpaired) electrons. The van der Waals surface area contributed by atoms with Crippen molar-refractivity contribution < 1.29 is 14.3 Å². The molecule has 2 heterocycles. The maximum absolute atomic E-state index is 12.6. The summed E-state index contributed by atoms with van der Waals surface area (Å²) in [5, 5.41) is 0. The van der Waals surface area contributed by atoms with E-state index in [4.69, 9.17) is 21.7 Å². The van der Waals surface area contributed by atoms with Crippen LogP contribution < -0.4 is 14.4 Å². The number of carbonyl (C=O) groups is 1. The minimum Gasteiger partial charge on any atom is -0.454 e. The topological polar surface area (TPSA) is 38.8 Å². The Morgan fingerprint density at radius 3 is 2.70 bits per heavy atom. The first-order valence-corrected chi connectivity index (χ1v) is 8.17. The van der Waals surface area contributed by atoms with E-state index in [2.05, 4.69) is 0 Å². The molecule has 0 unspecified atom stereocenters. The number of thiocarbonyl (C=S) groups is 1. The number of thioether (sulfide) groups is 1. The molecule has 114 valence electrons. The van der Waals surface area contributed by atoms with Gasteiger partial charge >= 0.3 is 0 Å². The average molecular weight is 341 g/mol. The van der Waals surface area contributed by atoms with Gasteiger partial charge in [0.25, 0.3) is 5.91 Å². The molecule has 0 aliphatic carbocycles. The van der Waals surface area contributed by atoms with Crippen molar-refractivity contribution in [3.8, 4) is 11.5 Å².